The van der Waals surface area contributed by atoms with E-state index in [9.17, 15) is 26.7 Å². The van der Waals surface area contributed by atoms with Gasteiger partial charge in [0.15, 0.2) is 5.82 Å². The zero-order valence-corrected chi connectivity index (χ0v) is 10.8. The van der Waals surface area contributed by atoms with Gasteiger partial charge < -0.3 is 4.90 Å². The molecule has 1 aromatic heterocycles. The molecule has 1 heterocycles. The van der Waals surface area contributed by atoms with Crippen LogP contribution < -0.4 is 0 Å². The lowest BCUT2D eigenvalue weighted by atomic mass is 10.1. The van der Waals surface area contributed by atoms with Crippen molar-refractivity contribution in [2.24, 2.45) is 5.92 Å². The number of carbonyl (C=O) groups excluding carboxylic acids is 1. The van der Waals surface area contributed by atoms with E-state index in [0.29, 0.717) is 4.90 Å². The van der Waals surface area contributed by atoms with Crippen LogP contribution in [-0.2, 0) is 0 Å². The number of carbonyl (C=O) groups is 1. The van der Waals surface area contributed by atoms with Crippen molar-refractivity contribution >= 4 is 5.91 Å². The molecule has 0 aliphatic carbocycles. The molecule has 0 spiro atoms. The largest absolute Gasteiger partial charge is 0.406 e. The number of hydrogen-bond donors (Lipinski definition) is 0. The van der Waals surface area contributed by atoms with Crippen LogP contribution in [0.4, 0.5) is 22.0 Å². The molecular formula is C12H13F5N2O. The van der Waals surface area contributed by atoms with Gasteiger partial charge in [-0.3, -0.25) is 4.79 Å². The van der Waals surface area contributed by atoms with Gasteiger partial charge in [0, 0.05) is 12.7 Å². The number of aromatic nitrogens is 1. The van der Waals surface area contributed by atoms with E-state index in [0.717, 1.165) is 12.3 Å². The van der Waals surface area contributed by atoms with Crippen LogP contribution in [0.2, 0.25) is 0 Å². The Labute approximate surface area is 112 Å². The van der Waals surface area contributed by atoms with Crippen molar-refractivity contribution in [3.63, 3.8) is 0 Å². The fraction of sp³-hybridized carbons (Fsp3) is 0.500. The molecule has 0 aliphatic rings. The highest BCUT2D eigenvalue weighted by Crippen LogP contribution is 2.20. The number of rotatable bonds is 4. The first-order valence-corrected chi connectivity index (χ1v) is 5.78. The van der Waals surface area contributed by atoms with Gasteiger partial charge in [0.25, 0.3) is 5.91 Å². The number of alkyl halides is 3. The average Bonchev–Trinajstić information content (AvgIpc) is 2.28. The van der Waals surface area contributed by atoms with Gasteiger partial charge in [0.2, 0.25) is 5.95 Å². The van der Waals surface area contributed by atoms with Gasteiger partial charge in [-0.05, 0) is 12.0 Å². The number of hydrogen-bond acceptors (Lipinski definition) is 2. The van der Waals surface area contributed by atoms with Gasteiger partial charge in [-0.15, -0.1) is 0 Å². The first-order valence-electron chi connectivity index (χ1n) is 5.78. The third-order valence-electron chi connectivity index (χ3n) is 2.32. The van der Waals surface area contributed by atoms with E-state index in [-0.39, 0.29) is 12.5 Å². The summed E-state index contributed by atoms with van der Waals surface area (Å²) in [6, 6.07) is 0.852. The molecule has 0 aromatic carbocycles. The SMILES string of the molecule is CC(C)CN(CC(F)(F)F)C(=O)c1ccnc(F)c1F. The summed E-state index contributed by atoms with van der Waals surface area (Å²) < 4.78 is 63.7. The van der Waals surface area contributed by atoms with Crippen LogP contribution in [0.25, 0.3) is 0 Å². The van der Waals surface area contributed by atoms with E-state index in [1.54, 1.807) is 13.8 Å². The fourth-order valence-electron chi connectivity index (χ4n) is 1.63. The van der Waals surface area contributed by atoms with Gasteiger partial charge in [-0.1, -0.05) is 13.8 Å². The molecule has 0 N–H and O–H groups in total. The van der Waals surface area contributed by atoms with Gasteiger partial charge in [-0.25, -0.2) is 9.37 Å². The third kappa shape index (κ3) is 4.43. The van der Waals surface area contributed by atoms with Crippen molar-refractivity contribution in [1.29, 1.82) is 0 Å². The Morgan fingerprint density at radius 1 is 1.35 bits per heavy atom. The number of amides is 1. The van der Waals surface area contributed by atoms with Crippen LogP contribution >= 0.6 is 0 Å². The van der Waals surface area contributed by atoms with E-state index in [1.807, 2.05) is 0 Å². The molecule has 1 rings (SSSR count). The minimum absolute atomic E-state index is 0.221. The van der Waals surface area contributed by atoms with Crippen LogP contribution in [0.1, 0.15) is 24.2 Å². The molecule has 0 saturated carbocycles. The minimum Gasteiger partial charge on any atom is -0.329 e. The van der Waals surface area contributed by atoms with Crippen molar-refractivity contribution in [3.05, 3.63) is 29.6 Å². The normalized spacial score (nSPS) is 11.8. The molecule has 1 amide bonds. The fourth-order valence-corrected chi connectivity index (χ4v) is 1.63. The molecule has 0 aliphatic heterocycles. The molecule has 0 atom stereocenters. The summed E-state index contributed by atoms with van der Waals surface area (Å²) in [5.74, 6) is -4.54. The second-order valence-corrected chi connectivity index (χ2v) is 4.66. The summed E-state index contributed by atoms with van der Waals surface area (Å²) >= 11 is 0. The summed E-state index contributed by atoms with van der Waals surface area (Å²) in [6.45, 7) is 1.48. The summed E-state index contributed by atoms with van der Waals surface area (Å²) in [4.78, 5) is 15.4. The van der Waals surface area contributed by atoms with E-state index in [4.69, 9.17) is 0 Å². The first-order chi connectivity index (χ1) is 9.11. The van der Waals surface area contributed by atoms with Crippen molar-refractivity contribution in [2.75, 3.05) is 13.1 Å². The van der Waals surface area contributed by atoms with E-state index >= 15 is 0 Å². The van der Waals surface area contributed by atoms with E-state index < -0.39 is 36.0 Å². The second-order valence-electron chi connectivity index (χ2n) is 4.66. The zero-order valence-electron chi connectivity index (χ0n) is 10.8. The van der Waals surface area contributed by atoms with Crippen LogP contribution in [0.5, 0.6) is 0 Å². The monoisotopic (exact) mass is 296 g/mol. The molecule has 8 heteroatoms. The van der Waals surface area contributed by atoms with Gasteiger partial charge >= 0.3 is 6.18 Å². The van der Waals surface area contributed by atoms with Gasteiger partial charge in [-0.2, -0.15) is 17.6 Å². The second kappa shape index (κ2) is 6.15. The molecule has 0 fully saturated rings. The quantitative estimate of drug-likeness (QED) is 0.632. The molecule has 0 saturated heterocycles. The maximum absolute atomic E-state index is 13.4. The van der Waals surface area contributed by atoms with Crippen molar-refractivity contribution in [3.8, 4) is 0 Å². The summed E-state index contributed by atoms with van der Waals surface area (Å²) in [7, 11) is 0. The molecular weight excluding hydrogens is 283 g/mol. The Bertz CT molecular complexity index is 487. The standard InChI is InChI=1S/C12H13F5N2O/c1-7(2)5-19(6-12(15,16)17)11(20)8-3-4-18-10(14)9(8)13/h3-4,7H,5-6H2,1-2H3. The highest BCUT2D eigenvalue weighted by atomic mass is 19.4. The highest BCUT2D eigenvalue weighted by molar-refractivity contribution is 5.94. The lowest BCUT2D eigenvalue weighted by Crippen LogP contribution is -2.41. The van der Waals surface area contributed by atoms with Crippen LogP contribution in [0, 0.1) is 17.7 Å². The molecule has 0 radical (unpaired) electrons. The molecule has 3 nitrogen and oxygen atoms in total. The number of nitrogens with zero attached hydrogens (tertiary/aromatic N) is 2. The maximum atomic E-state index is 13.4. The summed E-state index contributed by atoms with van der Waals surface area (Å²) in [5.41, 5.74) is -0.762. The van der Waals surface area contributed by atoms with Gasteiger partial charge in [0.05, 0.1) is 5.56 Å². The Hall–Kier alpha value is -1.73. The van der Waals surface area contributed by atoms with Crippen LogP contribution in [0.3, 0.4) is 0 Å². The van der Waals surface area contributed by atoms with Gasteiger partial charge in [0.1, 0.15) is 6.54 Å². The molecule has 0 bridgehead atoms. The lowest BCUT2D eigenvalue weighted by Gasteiger charge is -2.25. The summed E-state index contributed by atoms with van der Waals surface area (Å²) in [5, 5.41) is 0. The first kappa shape index (κ1) is 16.3. The highest BCUT2D eigenvalue weighted by Gasteiger charge is 2.34. The lowest BCUT2D eigenvalue weighted by molar-refractivity contribution is -0.141. The maximum Gasteiger partial charge on any atom is 0.406 e. The third-order valence-corrected chi connectivity index (χ3v) is 2.32. The molecule has 0 unspecified atom stereocenters. The smallest absolute Gasteiger partial charge is 0.329 e. The van der Waals surface area contributed by atoms with Crippen molar-refractivity contribution < 1.29 is 26.7 Å². The Morgan fingerprint density at radius 3 is 2.45 bits per heavy atom. The Kier molecular flexibility index (Phi) is 5.02. The molecule has 20 heavy (non-hydrogen) atoms. The van der Waals surface area contributed by atoms with E-state index in [2.05, 4.69) is 4.98 Å². The average molecular weight is 296 g/mol. The topological polar surface area (TPSA) is 33.2 Å². The predicted octanol–water partition coefficient (Wildman–Crippen LogP) is 3.02. The number of pyridine rings is 1. The minimum atomic E-state index is -4.62. The molecule has 1 aromatic rings. The number of halogens is 5. The Morgan fingerprint density at radius 2 is 1.95 bits per heavy atom. The van der Waals surface area contributed by atoms with Crippen LogP contribution in [0.15, 0.2) is 12.3 Å². The van der Waals surface area contributed by atoms with Crippen molar-refractivity contribution in [1.82, 2.24) is 9.88 Å². The molecule has 112 valence electrons. The van der Waals surface area contributed by atoms with Crippen molar-refractivity contribution in [2.45, 2.75) is 20.0 Å². The van der Waals surface area contributed by atoms with E-state index in [1.165, 1.54) is 0 Å². The predicted molar refractivity (Wildman–Crippen MR) is 60.9 cm³/mol. The Balaban J connectivity index is 3.06. The zero-order chi connectivity index (χ0) is 15.5. The summed E-state index contributed by atoms with van der Waals surface area (Å²) in [6.07, 6.45) is -3.79. The van der Waals surface area contributed by atoms with Crippen LogP contribution in [-0.4, -0.2) is 35.1 Å².